The Morgan fingerprint density at radius 3 is 2.44 bits per heavy atom. The van der Waals surface area contributed by atoms with Crippen LogP contribution in [-0.2, 0) is 6.42 Å². The zero-order valence-corrected chi connectivity index (χ0v) is 10.6. The molecular weight excluding hydrogens is 224 g/mol. The fourth-order valence-corrected chi connectivity index (χ4v) is 1.74. The zero-order valence-electron chi connectivity index (χ0n) is 10.6. The third-order valence-electron chi connectivity index (χ3n) is 2.61. The fourth-order valence-electron chi connectivity index (χ4n) is 1.74. The van der Waals surface area contributed by atoms with Gasteiger partial charge in [-0.05, 0) is 37.1 Å². The Labute approximate surface area is 107 Å². The van der Waals surface area contributed by atoms with Crippen LogP contribution in [0, 0.1) is 0 Å². The van der Waals surface area contributed by atoms with Crippen molar-refractivity contribution in [1.82, 2.24) is 9.97 Å². The lowest BCUT2D eigenvalue weighted by Crippen LogP contribution is -2.06. The highest BCUT2D eigenvalue weighted by Crippen LogP contribution is 2.12. The third-order valence-corrected chi connectivity index (χ3v) is 2.61. The highest BCUT2D eigenvalue weighted by molar-refractivity contribution is 5.53. The third kappa shape index (κ3) is 3.73. The van der Waals surface area contributed by atoms with Crippen LogP contribution < -0.4 is 10.6 Å². The molecule has 0 aliphatic heterocycles. The van der Waals surface area contributed by atoms with Crippen LogP contribution in [0.15, 0.2) is 43.0 Å². The van der Waals surface area contributed by atoms with E-state index in [1.54, 1.807) is 0 Å². The molecule has 0 fully saturated rings. The molecule has 4 nitrogen and oxygen atoms in total. The number of hydrogen-bond acceptors (Lipinski definition) is 4. The van der Waals surface area contributed by atoms with E-state index in [9.17, 15) is 0 Å². The maximum Gasteiger partial charge on any atom is 0.0547 e. The number of pyridine rings is 2. The molecule has 2 aromatic rings. The first-order valence-corrected chi connectivity index (χ1v) is 6.20. The van der Waals surface area contributed by atoms with Crippen LogP contribution in [0.1, 0.15) is 12.5 Å². The number of anilines is 2. The summed E-state index contributed by atoms with van der Waals surface area (Å²) in [5.41, 5.74) is 3.38. The average Bonchev–Trinajstić information content (AvgIpc) is 2.41. The average molecular weight is 242 g/mol. The summed E-state index contributed by atoms with van der Waals surface area (Å²) in [6.45, 7) is 3.87. The van der Waals surface area contributed by atoms with Crippen LogP contribution in [-0.4, -0.2) is 23.1 Å². The molecule has 0 aliphatic rings. The maximum atomic E-state index is 4.19. The Balaban J connectivity index is 1.84. The lowest BCUT2D eigenvalue weighted by Gasteiger charge is -2.08. The van der Waals surface area contributed by atoms with E-state index in [2.05, 4.69) is 33.6 Å². The van der Waals surface area contributed by atoms with E-state index in [0.717, 1.165) is 30.9 Å². The van der Waals surface area contributed by atoms with E-state index in [4.69, 9.17) is 0 Å². The van der Waals surface area contributed by atoms with E-state index < -0.39 is 0 Å². The van der Waals surface area contributed by atoms with Crippen LogP contribution in [0.25, 0.3) is 0 Å². The molecule has 0 radical (unpaired) electrons. The predicted molar refractivity (Wildman–Crippen MR) is 74.8 cm³/mol. The molecule has 0 aromatic carbocycles. The maximum absolute atomic E-state index is 4.19. The zero-order chi connectivity index (χ0) is 12.6. The van der Waals surface area contributed by atoms with Gasteiger partial charge >= 0.3 is 0 Å². The van der Waals surface area contributed by atoms with Gasteiger partial charge in [-0.3, -0.25) is 9.97 Å². The molecule has 2 heterocycles. The fraction of sp³-hybridized carbons (Fsp3) is 0.286. The molecule has 0 bridgehead atoms. The van der Waals surface area contributed by atoms with E-state index in [1.165, 1.54) is 5.56 Å². The Morgan fingerprint density at radius 2 is 1.72 bits per heavy atom. The van der Waals surface area contributed by atoms with Crippen LogP contribution >= 0.6 is 0 Å². The summed E-state index contributed by atoms with van der Waals surface area (Å²) >= 11 is 0. The van der Waals surface area contributed by atoms with Gasteiger partial charge in [0.05, 0.1) is 23.8 Å². The predicted octanol–water partition coefficient (Wildman–Crippen LogP) is 2.56. The van der Waals surface area contributed by atoms with Gasteiger partial charge in [0.2, 0.25) is 0 Å². The van der Waals surface area contributed by atoms with Gasteiger partial charge in [0.1, 0.15) is 0 Å². The molecule has 94 valence electrons. The minimum atomic E-state index is 0.890. The Kier molecular flexibility index (Phi) is 4.53. The Hall–Kier alpha value is -2.10. The lowest BCUT2D eigenvalue weighted by molar-refractivity contribution is 1.01. The summed E-state index contributed by atoms with van der Waals surface area (Å²) in [5, 5.41) is 6.61. The molecule has 0 saturated carbocycles. The van der Waals surface area contributed by atoms with E-state index >= 15 is 0 Å². The van der Waals surface area contributed by atoms with E-state index in [0.29, 0.717) is 0 Å². The minimum Gasteiger partial charge on any atom is -0.384 e. The van der Waals surface area contributed by atoms with Gasteiger partial charge in [0.25, 0.3) is 0 Å². The summed E-state index contributed by atoms with van der Waals surface area (Å²) in [4.78, 5) is 8.20. The molecule has 0 unspecified atom stereocenters. The molecule has 2 N–H and O–H groups in total. The van der Waals surface area contributed by atoms with Crippen molar-refractivity contribution in [3.63, 3.8) is 0 Å². The van der Waals surface area contributed by atoms with Crippen molar-refractivity contribution in [3.8, 4) is 0 Å². The quantitative estimate of drug-likeness (QED) is 0.817. The van der Waals surface area contributed by atoms with E-state index in [1.807, 2.05) is 36.9 Å². The largest absolute Gasteiger partial charge is 0.384 e. The van der Waals surface area contributed by atoms with Gasteiger partial charge in [-0.2, -0.15) is 0 Å². The van der Waals surface area contributed by atoms with Crippen LogP contribution in [0.5, 0.6) is 0 Å². The SMILES string of the molecule is CCNc1cncc(NCCc2ccncc2)c1. The summed E-state index contributed by atoms with van der Waals surface area (Å²) < 4.78 is 0. The first kappa shape index (κ1) is 12.4. The van der Waals surface area contributed by atoms with Crippen molar-refractivity contribution >= 4 is 11.4 Å². The minimum absolute atomic E-state index is 0.890. The van der Waals surface area contributed by atoms with Crippen LogP contribution in [0.2, 0.25) is 0 Å². The summed E-state index contributed by atoms with van der Waals surface area (Å²) in [6.07, 6.45) is 8.30. The molecule has 0 spiro atoms. The van der Waals surface area contributed by atoms with Gasteiger partial charge < -0.3 is 10.6 Å². The molecule has 0 aliphatic carbocycles. The first-order valence-electron chi connectivity index (χ1n) is 6.20. The van der Waals surface area contributed by atoms with Crippen molar-refractivity contribution in [3.05, 3.63) is 48.5 Å². The second-order valence-electron chi connectivity index (χ2n) is 4.02. The smallest absolute Gasteiger partial charge is 0.0547 e. The Bertz CT molecular complexity index is 470. The first-order chi connectivity index (χ1) is 8.88. The van der Waals surface area contributed by atoms with Crippen molar-refractivity contribution in [1.29, 1.82) is 0 Å². The molecule has 0 amide bonds. The monoisotopic (exact) mass is 242 g/mol. The number of rotatable bonds is 6. The Morgan fingerprint density at radius 1 is 1.00 bits per heavy atom. The van der Waals surface area contributed by atoms with Crippen LogP contribution in [0.4, 0.5) is 11.4 Å². The van der Waals surface area contributed by atoms with Crippen molar-refractivity contribution in [2.75, 3.05) is 23.7 Å². The van der Waals surface area contributed by atoms with Crippen LogP contribution in [0.3, 0.4) is 0 Å². The topological polar surface area (TPSA) is 49.8 Å². The second kappa shape index (κ2) is 6.59. The number of hydrogen-bond donors (Lipinski definition) is 2. The van der Waals surface area contributed by atoms with Gasteiger partial charge in [0, 0.05) is 25.5 Å². The molecule has 0 saturated heterocycles. The highest BCUT2D eigenvalue weighted by Gasteiger charge is 1.96. The van der Waals surface area contributed by atoms with Gasteiger partial charge in [-0.15, -0.1) is 0 Å². The highest BCUT2D eigenvalue weighted by atomic mass is 14.9. The lowest BCUT2D eigenvalue weighted by atomic mass is 10.2. The molecule has 2 rings (SSSR count). The van der Waals surface area contributed by atoms with Crippen molar-refractivity contribution in [2.45, 2.75) is 13.3 Å². The van der Waals surface area contributed by atoms with Gasteiger partial charge in [0.15, 0.2) is 0 Å². The molecule has 0 atom stereocenters. The summed E-state index contributed by atoms with van der Waals surface area (Å²) in [7, 11) is 0. The standard InChI is InChI=1S/C14H18N4/c1-2-17-13-9-14(11-16-10-13)18-8-5-12-3-6-15-7-4-12/h3-4,6-7,9-11,17-18H,2,5,8H2,1H3. The summed E-state index contributed by atoms with van der Waals surface area (Å²) in [6, 6.07) is 6.15. The summed E-state index contributed by atoms with van der Waals surface area (Å²) in [5.74, 6) is 0. The van der Waals surface area contributed by atoms with Crippen molar-refractivity contribution in [2.24, 2.45) is 0 Å². The van der Waals surface area contributed by atoms with E-state index in [-0.39, 0.29) is 0 Å². The van der Waals surface area contributed by atoms with Gasteiger partial charge in [-0.1, -0.05) is 0 Å². The molecule has 18 heavy (non-hydrogen) atoms. The molecule has 2 aromatic heterocycles. The second-order valence-corrected chi connectivity index (χ2v) is 4.02. The number of aromatic nitrogens is 2. The number of nitrogens with zero attached hydrogens (tertiary/aromatic N) is 2. The normalized spacial score (nSPS) is 10.1. The van der Waals surface area contributed by atoms with Crippen molar-refractivity contribution < 1.29 is 0 Å². The van der Waals surface area contributed by atoms with Gasteiger partial charge in [-0.25, -0.2) is 0 Å². The molecular formula is C14H18N4. The molecule has 4 heteroatoms. The number of nitrogens with one attached hydrogen (secondary N) is 2.